The van der Waals surface area contributed by atoms with Gasteiger partial charge in [0.2, 0.25) is 5.91 Å². The summed E-state index contributed by atoms with van der Waals surface area (Å²) in [5.41, 5.74) is 2.77. The summed E-state index contributed by atoms with van der Waals surface area (Å²) < 4.78 is 23.1. The summed E-state index contributed by atoms with van der Waals surface area (Å²) >= 11 is 0. The second-order valence-corrected chi connectivity index (χ2v) is 6.61. The lowest BCUT2D eigenvalue weighted by Gasteiger charge is -2.19. The van der Waals surface area contributed by atoms with Crippen LogP contribution in [0.1, 0.15) is 45.7 Å². The normalized spacial score (nSPS) is 10.4. The summed E-state index contributed by atoms with van der Waals surface area (Å²) in [6.07, 6.45) is 1.42. The first-order valence-electron chi connectivity index (χ1n) is 10.6. The topological polar surface area (TPSA) is 66.0 Å². The molecule has 0 aromatic heterocycles. The van der Waals surface area contributed by atoms with Crippen LogP contribution < -0.4 is 24.3 Å². The molecule has 0 aliphatic heterocycles. The summed E-state index contributed by atoms with van der Waals surface area (Å²) in [6, 6.07) is 9.71. The van der Waals surface area contributed by atoms with Gasteiger partial charge in [0, 0.05) is 18.2 Å². The van der Waals surface area contributed by atoms with Crippen molar-refractivity contribution in [2.75, 3.05) is 31.7 Å². The van der Waals surface area contributed by atoms with Gasteiger partial charge in [-0.1, -0.05) is 6.07 Å². The lowest BCUT2D eigenvalue weighted by atomic mass is 10.0. The number of carbonyl (C=O) groups is 1. The predicted octanol–water partition coefficient (Wildman–Crippen LogP) is 5.03. The number of hydrogen-bond acceptors (Lipinski definition) is 5. The Hall–Kier alpha value is -2.89. The standard InChI is InChI=1S/C24H33NO5/c1-6-27-21-14-11-18(16-23(21)29-8-3)10-12-19-20(25-17(5)26)13-15-22(28-7-2)24(19)30-9-4/h11,13-16H,6-10,12H2,1-5H3,(H,25,26). The van der Waals surface area contributed by atoms with Crippen molar-refractivity contribution in [3.8, 4) is 23.0 Å². The number of hydrogen-bond donors (Lipinski definition) is 1. The molecule has 6 heteroatoms. The van der Waals surface area contributed by atoms with Crippen LogP contribution in [-0.4, -0.2) is 32.3 Å². The zero-order chi connectivity index (χ0) is 21.9. The second-order valence-electron chi connectivity index (χ2n) is 6.61. The third-order valence-corrected chi connectivity index (χ3v) is 4.40. The van der Waals surface area contributed by atoms with Gasteiger partial charge >= 0.3 is 0 Å². The van der Waals surface area contributed by atoms with Crippen molar-refractivity contribution in [2.45, 2.75) is 47.5 Å². The van der Waals surface area contributed by atoms with Gasteiger partial charge in [-0.2, -0.15) is 0 Å². The Labute approximate surface area is 179 Å². The van der Waals surface area contributed by atoms with E-state index in [1.54, 1.807) is 0 Å². The van der Waals surface area contributed by atoms with Crippen molar-refractivity contribution >= 4 is 11.6 Å². The van der Waals surface area contributed by atoms with E-state index in [4.69, 9.17) is 18.9 Å². The average molecular weight is 416 g/mol. The average Bonchev–Trinajstić information content (AvgIpc) is 2.71. The zero-order valence-corrected chi connectivity index (χ0v) is 18.7. The molecule has 0 atom stereocenters. The highest BCUT2D eigenvalue weighted by atomic mass is 16.5. The Morgan fingerprint density at radius 1 is 0.767 bits per heavy atom. The van der Waals surface area contributed by atoms with Gasteiger partial charge in [0.25, 0.3) is 0 Å². The van der Waals surface area contributed by atoms with Crippen LogP contribution in [0.25, 0.3) is 0 Å². The second kappa shape index (κ2) is 12.0. The Balaban J connectivity index is 2.36. The molecule has 0 radical (unpaired) electrons. The van der Waals surface area contributed by atoms with E-state index in [0.717, 1.165) is 34.7 Å². The van der Waals surface area contributed by atoms with Crippen molar-refractivity contribution in [1.82, 2.24) is 0 Å². The number of rotatable bonds is 12. The fourth-order valence-corrected chi connectivity index (χ4v) is 3.25. The molecule has 0 heterocycles. The maximum atomic E-state index is 11.7. The van der Waals surface area contributed by atoms with Crippen molar-refractivity contribution in [3.63, 3.8) is 0 Å². The molecule has 1 N–H and O–H groups in total. The molecule has 1 amide bonds. The highest BCUT2D eigenvalue weighted by Gasteiger charge is 2.17. The molecule has 0 aliphatic carbocycles. The van der Waals surface area contributed by atoms with Gasteiger partial charge in [0.15, 0.2) is 23.0 Å². The van der Waals surface area contributed by atoms with Crippen molar-refractivity contribution in [2.24, 2.45) is 0 Å². The van der Waals surface area contributed by atoms with Crippen LogP contribution in [-0.2, 0) is 17.6 Å². The summed E-state index contributed by atoms with van der Waals surface area (Å²) in [5.74, 6) is 2.73. The highest BCUT2D eigenvalue weighted by molar-refractivity contribution is 5.90. The summed E-state index contributed by atoms with van der Waals surface area (Å²) in [4.78, 5) is 11.7. The smallest absolute Gasteiger partial charge is 0.221 e. The molecule has 0 saturated carbocycles. The fourth-order valence-electron chi connectivity index (χ4n) is 3.25. The van der Waals surface area contributed by atoms with E-state index >= 15 is 0 Å². The summed E-state index contributed by atoms with van der Waals surface area (Å²) in [7, 11) is 0. The van der Waals surface area contributed by atoms with E-state index in [1.807, 2.05) is 58.0 Å². The lowest BCUT2D eigenvalue weighted by molar-refractivity contribution is -0.114. The minimum atomic E-state index is -0.123. The van der Waals surface area contributed by atoms with Crippen molar-refractivity contribution in [1.29, 1.82) is 0 Å². The number of anilines is 1. The minimum Gasteiger partial charge on any atom is -0.490 e. The number of ether oxygens (including phenoxy) is 4. The number of aryl methyl sites for hydroxylation is 1. The molecule has 2 rings (SSSR count). The van der Waals surface area contributed by atoms with E-state index in [2.05, 4.69) is 5.32 Å². The monoisotopic (exact) mass is 415 g/mol. The van der Waals surface area contributed by atoms with E-state index < -0.39 is 0 Å². The Kier molecular flexibility index (Phi) is 9.32. The van der Waals surface area contributed by atoms with Gasteiger partial charge in [-0.15, -0.1) is 0 Å². The van der Waals surface area contributed by atoms with E-state index in [9.17, 15) is 4.79 Å². The first-order chi connectivity index (χ1) is 14.5. The summed E-state index contributed by atoms with van der Waals surface area (Å²) in [5, 5.41) is 2.92. The van der Waals surface area contributed by atoms with Crippen LogP contribution >= 0.6 is 0 Å². The quantitative estimate of drug-likeness (QED) is 0.527. The highest BCUT2D eigenvalue weighted by Crippen LogP contribution is 2.38. The molecule has 6 nitrogen and oxygen atoms in total. The van der Waals surface area contributed by atoms with Gasteiger partial charge in [-0.25, -0.2) is 0 Å². The molecule has 30 heavy (non-hydrogen) atoms. The van der Waals surface area contributed by atoms with Crippen LogP contribution in [0.2, 0.25) is 0 Å². The molecule has 0 fully saturated rings. The van der Waals surface area contributed by atoms with Gasteiger partial charge in [0.1, 0.15) is 0 Å². The van der Waals surface area contributed by atoms with Crippen molar-refractivity contribution < 1.29 is 23.7 Å². The molecule has 0 unspecified atom stereocenters. The molecule has 0 saturated heterocycles. The molecule has 0 aliphatic rings. The third-order valence-electron chi connectivity index (χ3n) is 4.40. The van der Waals surface area contributed by atoms with Crippen LogP contribution in [0.5, 0.6) is 23.0 Å². The zero-order valence-electron chi connectivity index (χ0n) is 18.7. The maximum absolute atomic E-state index is 11.7. The molecule has 2 aromatic rings. The van der Waals surface area contributed by atoms with E-state index in [0.29, 0.717) is 44.3 Å². The SMILES string of the molecule is CCOc1ccc(CCc2c(NC(C)=O)ccc(OCC)c2OCC)cc1OCC. The molecule has 164 valence electrons. The van der Waals surface area contributed by atoms with Gasteiger partial charge in [-0.3, -0.25) is 4.79 Å². The molecule has 2 aromatic carbocycles. The van der Waals surface area contributed by atoms with Gasteiger partial charge in [0.05, 0.1) is 26.4 Å². The number of carbonyl (C=O) groups excluding carboxylic acids is 1. The summed E-state index contributed by atoms with van der Waals surface area (Å²) in [6.45, 7) is 11.5. The number of benzene rings is 2. The molecular formula is C24H33NO5. The first-order valence-corrected chi connectivity index (χ1v) is 10.6. The third kappa shape index (κ3) is 6.31. The largest absolute Gasteiger partial charge is 0.490 e. The van der Waals surface area contributed by atoms with Crippen LogP contribution in [0.3, 0.4) is 0 Å². The van der Waals surface area contributed by atoms with E-state index in [-0.39, 0.29) is 5.91 Å². The first kappa shape index (κ1) is 23.4. The van der Waals surface area contributed by atoms with Crippen LogP contribution in [0.15, 0.2) is 30.3 Å². The van der Waals surface area contributed by atoms with Gasteiger partial charge < -0.3 is 24.3 Å². The van der Waals surface area contributed by atoms with Gasteiger partial charge in [-0.05, 0) is 70.4 Å². The lowest BCUT2D eigenvalue weighted by Crippen LogP contribution is -2.11. The Bertz CT molecular complexity index is 835. The number of nitrogens with one attached hydrogen (secondary N) is 1. The fraction of sp³-hybridized carbons (Fsp3) is 0.458. The van der Waals surface area contributed by atoms with E-state index in [1.165, 1.54) is 6.92 Å². The molecule has 0 bridgehead atoms. The van der Waals surface area contributed by atoms with Crippen LogP contribution in [0.4, 0.5) is 5.69 Å². The minimum absolute atomic E-state index is 0.123. The molecule has 0 spiro atoms. The predicted molar refractivity (Wildman–Crippen MR) is 119 cm³/mol. The maximum Gasteiger partial charge on any atom is 0.221 e. The Morgan fingerprint density at radius 3 is 2.00 bits per heavy atom. The molecular weight excluding hydrogens is 382 g/mol. The number of amides is 1. The Morgan fingerprint density at radius 2 is 1.37 bits per heavy atom. The van der Waals surface area contributed by atoms with Crippen molar-refractivity contribution in [3.05, 3.63) is 41.5 Å². The van der Waals surface area contributed by atoms with Crippen LogP contribution in [0, 0.1) is 0 Å².